The molecule has 128 valence electrons. The van der Waals surface area contributed by atoms with Gasteiger partial charge >= 0.3 is 0 Å². The zero-order valence-corrected chi connectivity index (χ0v) is 15.3. The first-order chi connectivity index (χ1) is 11.7. The predicted molar refractivity (Wildman–Crippen MR) is 100.0 cm³/mol. The van der Waals surface area contributed by atoms with Crippen LogP contribution in [0, 0.1) is 0 Å². The maximum Gasteiger partial charge on any atom is 0.210 e. The molecule has 1 atom stereocenters. The third kappa shape index (κ3) is 5.07. The number of hydrogen-bond donors (Lipinski definition) is 2. The summed E-state index contributed by atoms with van der Waals surface area (Å²) in [5.41, 5.74) is 4.24. The maximum atomic E-state index is 5.90. The van der Waals surface area contributed by atoms with E-state index in [1.54, 1.807) is 22.8 Å². The molecule has 2 N–H and O–H groups in total. The monoisotopic (exact) mass is 383 g/mol. The Labute approximate surface area is 155 Å². The predicted octanol–water partition coefficient (Wildman–Crippen LogP) is 2.82. The van der Waals surface area contributed by atoms with Crippen molar-refractivity contribution in [3.63, 3.8) is 0 Å². The number of rotatable bonds is 6. The van der Waals surface area contributed by atoms with E-state index in [1.807, 2.05) is 24.3 Å². The molecule has 2 heterocycles. The minimum absolute atomic E-state index is 0.240. The summed E-state index contributed by atoms with van der Waals surface area (Å²) in [5, 5.41) is 13.2. The average Bonchev–Trinajstić information content (AvgIpc) is 3.24. The summed E-state index contributed by atoms with van der Waals surface area (Å²) >= 11 is 12.8. The number of thioether (sulfide) groups is 1. The SMILES string of the molecule is S=C(NC[C@H]1CCCO1)Nn1cnnc1SCc1ccc(Cl)cc1. The Morgan fingerprint density at radius 3 is 3.00 bits per heavy atom. The first-order valence-electron chi connectivity index (χ1n) is 7.64. The molecule has 0 amide bonds. The minimum Gasteiger partial charge on any atom is -0.376 e. The number of ether oxygens (including phenoxy) is 1. The van der Waals surface area contributed by atoms with Crippen molar-refractivity contribution in [2.75, 3.05) is 18.6 Å². The van der Waals surface area contributed by atoms with E-state index >= 15 is 0 Å². The van der Waals surface area contributed by atoms with Crippen molar-refractivity contribution in [2.45, 2.75) is 29.9 Å². The Kier molecular flexibility index (Phi) is 6.30. The number of hydrogen-bond acceptors (Lipinski definition) is 5. The van der Waals surface area contributed by atoms with Crippen molar-refractivity contribution < 1.29 is 4.74 Å². The highest BCUT2D eigenvalue weighted by molar-refractivity contribution is 7.98. The number of benzene rings is 1. The van der Waals surface area contributed by atoms with Gasteiger partial charge in [-0.2, -0.15) is 0 Å². The average molecular weight is 384 g/mol. The van der Waals surface area contributed by atoms with Crippen molar-refractivity contribution in [1.82, 2.24) is 20.2 Å². The van der Waals surface area contributed by atoms with Gasteiger partial charge in [-0.25, -0.2) is 4.68 Å². The van der Waals surface area contributed by atoms with Crippen molar-refractivity contribution in [1.29, 1.82) is 0 Å². The Morgan fingerprint density at radius 1 is 1.42 bits per heavy atom. The van der Waals surface area contributed by atoms with Crippen LogP contribution < -0.4 is 10.7 Å². The quantitative estimate of drug-likeness (QED) is 0.587. The molecule has 1 aliphatic rings. The summed E-state index contributed by atoms with van der Waals surface area (Å²) in [4.78, 5) is 0. The molecule has 1 aromatic carbocycles. The number of nitrogens with one attached hydrogen (secondary N) is 2. The molecule has 1 fully saturated rings. The molecule has 0 aliphatic carbocycles. The molecule has 1 aromatic heterocycles. The van der Waals surface area contributed by atoms with Gasteiger partial charge in [-0.05, 0) is 42.8 Å². The zero-order valence-electron chi connectivity index (χ0n) is 12.9. The zero-order chi connectivity index (χ0) is 16.8. The van der Waals surface area contributed by atoms with Crippen LogP contribution in [0.1, 0.15) is 18.4 Å². The van der Waals surface area contributed by atoms with Crippen LogP contribution in [0.25, 0.3) is 0 Å². The summed E-state index contributed by atoms with van der Waals surface area (Å²) in [6.07, 6.45) is 4.03. The molecule has 0 bridgehead atoms. The summed E-state index contributed by atoms with van der Waals surface area (Å²) in [6, 6.07) is 7.75. The molecule has 9 heteroatoms. The summed E-state index contributed by atoms with van der Waals surface area (Å²) in [7, 11) is 0. The fourth-order valence-corrected chi connectivity index (χ4v) is 3.42. The third-order valence-corrected chi connectivity index (χ3v) is 5.04. The van der Waals surface area contributed by atoms with Crippen molar-refractivity contribution in [3.8, 4) is 0 Å². The van der Waals surface area contributed by atoms with E-state index in [4.69, 9.17) is 28.6 Å². The number of aromatic nitrogens is 3. The largest absolute Gasteiger partial charge is 0.376 e. The van der Waals surface area contributed by atoms with Crippen molar-refractivity contribution in [3.05, 3.63) is 41.2 Å². The Bertz CT molecular complexity index is 673. The van der Waals surface area contributed by atoms with E-state index in [9.17, 15) is 0 Å². The van der Waals surface area contributed by atoms with E-state index in [0.29, 0.717) is 11.7 Å². The van der Waals surface area contributed by atoms with Crippen LogP contribution in [-0.2, 0) is 10.5 Å². The van der Waals surface area contributed by atoms with Crippen LogP contribution in [0.5, 0.6) is 0 Å². The van der Waals surface area contributed by atoms with Gasteiger partial charge in [-0.1, -0.05) is 35.5 Å². The van der Waals surface area contributed by atoms with E-state index in [-0.39, 0.29) is 6.10 Å². The lowest BCUT2D eigenvalue weighted by atomic mass is 10.2. The number of halogens is 1. The molecular weight excluding hydrogens is 366 g/mol. The molecule has 1 aliphatic heterocycles. The van der Waals surface area contributed by atoms with Crippen molar-refractivity contribution >= 4 is 40.7 Å². The highest BCUT2D eigenvalue weighted by Crippen LogP contribution is 2.21. The summed E-state index contributed by atoms with van der Waals surface area (Å²) in [6.45, 7) is 1.55. The molecule has 2 aromatic rings. The Hall–Kier alpha value is -1.35. The lowest BCUT2D eigenvalue weighted by Crippen LogP contribution is -2.38. The van der Waals surface area contributed by atoms with Gasteiger partial charge in [0, 0.05) is 23.9 Å². The van der Waals surface area contributed by atoms with Gasteiger partial charge in [0.05, 0.1) is 6.10 Å². The van der Waals surface area contributed by atoms with Crippen LogP contribution in [0.4, 0.5) is 0 Å². The van der Waals surface area contributed by atoms with Crippen LogP contribution in [0.15, 0.2) is 35.7 Å². The normalized spacial score (nSPS) is 17.0. The topological polar surface area (TPSA) is 64.0 Å². The van der Waals surface area contributed by atoms with Gasteiger partial charge < -0.3 is 10.1 Å². The van der Waals surface area contributed by atoms with Crippen LogP contribution >= 0.6 is 35.6 Å². The summed E-state index contributed by atoms with van der Waals surface area (Å²) < 4.78 is 7.28. The minimum atomic E-state index is 0.240. The fraction of sp³-hybridized carbons (Fsp3) is 0.400. The first-order valence-corrected chi connectivity index (χ1v) is 9.41. The number of thiocarbonyl (C=S) groups is 1. The van der Waals surface area contributed by atoms with E-state index in [1.165, 1.54) is 0 Å². The Morgan fingerprint density at radius 2 is 2.25 bits per heavy atom. The fourth-order valence-electron chi connectivity index (χ4n) is 2.29. The summed E-state index contributed by atoms with van der Waals surface area (Å²) in [5.74, 6) is 0.771. The molecule has 0 saturated carbocycles. The molecule has 0 spiro atoms. The maximum absolute atomic E-state index is 5.90. The van der Waals surface area contributed by atoms with Crippen LogP contribution in [-0.4, -0.2) is 39.2 Å². The number of nitrogens with zero attached hydrogens (tertiary/aromatic N) is 3. The van der Waals surface area contributed by atoms with Crippen molar-refractivity contribution in [2.24, 2.45) is 0 Å². The highest BCUT2D eigenvalue weighted by atomic mass is 35.5. The second-order valence-electron chi connectivity index (χ2n) is 5.36. The van der Waals surface area contributed by atoms with Crippen LogP contribution in [0.2, 0.25) is 5.02 Å². The molecule has 3 rings (SSSR count). The standard InChI is InChI=1S/C15H18ClN5OS2/c16-12-5-3-11(4-6-12)9-24-15-19-18-10-21(15)20-14(23)17-8-13-2-1-7-22-13/h3-6,10,13H,1-2,7-9H2,(H2,17,20,23)/t13-/m1/s1. The molecule has 6 nitrogen and oxygen atoms in total. The van der Waals surface area contributed by atoms with Gasteiger partial charge in [-0.3, -0.25) is 5.43 Å². The van der Waals surface area contributed by atoms with E-state index < -0.39 is 0 Å². The first kappa shape index (κ1) is 17.5. The van der Waals surface area contributed by atoms with Gasteiger partial charge in [-0.15, -0.1) is 10.2 Å². The molecule has 1 saturated heterocycles. The molecule has 0 radical (unpaired) electrons. The lowest BCUT2D eigenvalue weighted by molar-refractivity contribution is 0.114. The van der Waals surface area contributed by atoms with Gasteiger partial charge in [0.25, 0.3) is 0 Å². The highest BCUT2D eigenvalue weighted by Gasteiger charge is 2.15. The van der Waals surface area contributed by atoms with Crippen LogP contribution in [0.3, 0.4) is 0 Å². The van der Waals surface area contributed by atoms with E-state index in [0.717, 1.165) is 40.9 Å². The van der Waals surface area contributed by atoms with Gasteiger partial charge in [0.15, 0.2) is 5.11 Å². The van der Waals surface area contributed by atoms with Gasteiger partial charge in [0.1, 0.15) is 6.33 Å². The van der Waals surface area contributed by atoms with E-state index in [2.05, 4.69) is 20.9 Å². The molecular formula is C15H18ClN5OS2. The second-order valence-corrected chi connectivity index (χ2v) is 7.14. The third-order valence-electron chi connectivity index (χ3n) is 3.53. The molecule has 0 unspecified atom stereocenters. The van der Waals surface area contributed by atoms with Gasteiger partial charge in [0.2, 0.25) is 5.16 Å². The second kappa shape index (κ2) is 8.66. The molecule has 24 heavy (non-hydrogen) atoms. The lowest BCUT2D eigenvalue weighted by Gasteiger charge is -2.15. The smallest absolute Gasteiger partial charge is 0.210 e. The Balaban J connectivity index is 1.48.